The van der Waals surface area contributed by atoms with Gasteiger partial charge in [0.05, 0.1) is 29.2 Å². The lowest BCUT2D eigenvalue weighted by Gasteiger charge is -2.26. The summed E-state index contributed by atoms with van der Waals surface area (Å²) in [6, 6.07) is 11.5. The van der Waals surface area contributed by atoms with Crippen LogP contribution in [0.2, 0.25) is 0 Å². The number of aromatic nitrogens is 2. The average molecular weight is 355 g/mol. The van der Waals surface area contributed by atoms with Gasteiger partial charge in [-0.2, -0.15) is 0 Å². The lowest BCUT2D eigenvalue weighted by atomic mass is 10.1. The third-order valence-electron chi connectivity index (χ3n) is 4.54. The molecule has 134 valence electrons. The minimum atomic E-state index is -0.931. The van der Waals surface area contributed by atoms with Gasteiger partial charge in [0.15, 0.2) is 0 Å². The Kier molecular flexibility index (Phi) is 4.40. The lowest BCUT2D eigenvalue weighted by Crippen LogP contribution is -2.32. The van der Waals surface area contributed by atoms with E-state index in [1.807, 2.05) is 0 Å². The number of nitrogens with zero attached hydrogens (tertiary/aromatic N) is 2. The molecule has 2 heterocycles. The minimum Gasteiger partial charge on any atom is -0.478 e. The van der Waals surface area contributed by atoms with Crippen molar-refractivity contribution < 1.29 is 19.0 Å². The molecule has 0 spiro atoms. The van der Waals surface area contributed by atoms with E-state index in [0.29, 0.717) is 31.8 Å². The van der Waals surface area contributed by atoms with Crippen molar-refractivity contribution in [3.63, 3.8) is 0 Å². The van der Waals surface area contributed by atoms with Gasteiger partial charge >= 0.3 is 5.97 Å². The van der Waals surface area contributed by atoms with E-state index in [4.69, 9.17) is 9.84 Å². The van der Waals surface area contributed by atoms with Gasteiger partial charge in [0.25, 0.3) is 0 Å². The number of carboxylic acids is 1. The Balaban J connectivity index is 1.47. The Morgan fingerprint density at radius 2 is 2.12 bits per heavy atom. The van der Waals surface area contributed by atoms with Crippen molar-refractivity contribution in [2.75, 3.05) is 13.2 Å². The number of carboxylic acid groups (broad SMARTS) is 1. The van der Waals surface area contributed by atoms with Gasteiger partial charge in [-0.05, 0) is 29.8 Å². The van der Waals surface area contributed by atoms with E-state index in [0.717, 1.165) is 16.9 Å². The molecule has 3 aromatic rings. The Morgan fingerprint density at radius 3 is 2.88 bits per heavy atom. The van der Waals surface area contributed by atoms with Crippen LogP contribution in [0, 0.1) is 5.82 Å². The van der Waals surface area contributed by atoms with E-state index in [-0.39, 0.29) is 17.4 Å². The van der Waals surface area contributed by atoms with Crippen molar-refractivity contribution in [2.45, 2.75) is 19.2 Å². The van der Waals surface area contributed by atoms with E-state index in [2.05, 4.69) is 14.9 Å². The van der Waals surface area contributed by atoms with E-state index >= 15 is 0 Å². The van der Waals surface area contributed by atoms with Crippen molar-refractivity contribution in [3.8, 4) is 0 Å². The summed E-state index contributed by atoms with van der Waals surface area (Å²) in [7, 11) is 0. The lowest BCUT2D eigenvalue weighted by molar-refractivity contribution is 0.0564. The monoisotopic (exact) mass is 355 g/mol. The molecule has 0 radical (unpaired) electrons. The Labute approximate surface area is 149 Å². The number of hydrogen-bond acceptors (Lipinski definition) is 4. The SMILES string of the molecule is O=C(O)c1ccc(CNC[C@H]2COCc3nc4cc(F)ccc4n32)cc1. The summed E-state index contributed by atoms with van der Waals surface area (Å²) in [5.41, 5.74) is 2.82. The molecule has 2 N–H and O–H groups in total. The second-order valence-electron chi connectivity index (χ2n) is 6.33. The summed E-state index contributed by atoms with van der Waals surface area (Å²) in [5, 5.41) is 12.3. The minimum absolute atomic E-state index is 0.0625. The maximum atomic E-state index is 13.4. The first kappa shape index (κ1) is 16.7. The molecule has 7 heteroatoms. The van der Waals surface area contributed by atoms with Crippen LogP contribution in [0.1, 0.15) is 27.8 Å². The number of rotatable bonds is 5. The highest BCUT2D eigenvalue weighted by molar-refractivity contribution is 5.87. The number of benzene rings is 2. The molecule has 0 fully saturated rings. The summed E-state index contributed by atoms with van der Waals surface area (Å²) in [6.45, 7) is 2.26. The molecule has 0 saturated heterocycles. The van der Waals surface area contributed by atoms with Gasteiger partial charge in [0.1, 0.15) is 18.2 Å². The highest BCUT2D eigenvalue weighted by atomic mass is 19.1. The molecular formula is C19H18FN3O3. The molecule has 0 unspecified atom stereocenters. The fraction of sp³-hybridized carbons (Fsp3) is 0.263. The quantitative estimate of drug-likeness (QED) is 0.736. The number of carbonyl (C=O) groups is 1. The van der Waals surface area contributed by atoms with Crippen LogP contribution in [0.3, 0.4) is 0 Å². The van der Waals surface area contributed by atoms with E-state index in [9.17, 15) is 9.18 Å². The largest absolute Gasteiger partial charge is 0.478 e. The molecule has 6 nitrogen and oxygen atoms in total. The molecule has 26 heavy (non-hydrogen) atoms. The van der Waals surface area contributed by atoms with Crippen LogP contribution in [0.15, 0.2) is 42.5 Å². The molecule has 0 aliphatic carbocycles. The number of halogens is 1. The zero-order chi connectivity index (χ0) is 18.1. The second kappa shape index (κ2) is 6.86. The number of ether oxygens (including phenoxy) is 1. The topological polar surface area (TPSA) is 76.4 Å². The van der Waals surface area contributed by atoms with Crippen molar-refractivity contribution >= 4 is 17.0 Å². The molecule has 0 saturated carbocycles. The van der Waals surface area contributed by atoms with Crippen LogP contribution in [-0.2, 0) is 17.9 Å². The highest BCUT2D eigenvalue weighted by Crippen LogP contribution is 2.26. The summed E-state index contributed by atoms with van der Waals surface area (Å²) in [4.78, 5) is 15.4. The maximum absolute atomic E-state index is 13.4. The number of nitrogens with one attached hydrogen (secondary N) is 1. The smallest absolute Gasteiger partial charge is 0.335 e. The van der Waals surface area contributed by atoms with Gasteiger partial charge < -0.3 is 19.7 Å². The standard InChI is InChI=1S/C19H18FN3O3/c20-14-5-6-17-16(7-14)22-18-11-26-10-15(23(17)18)9-21-8-12-1-3-13(4-2-12)19(24)25/h1-7,15,21H,8-11H2,(H,24,25)/t15-/m0/s1. The first-order valence-electron chi connectivity index (χ1n) is 8.39. The fourth-order valence-electron chi connectivity index (χ4n) is 3.29. The summed E-state index contributed by atoms with van der Waals surface area (Å²) in [6.07, 6.45) is 0. The molecule has 1 aliphatic heterocycles. The first-order chi connectivity index (χ1) is 12.6. The molecular weight excluding hydrogens is 337 g/mol. The Hall–Kier alpha value is -2.77. The molecule has 1 atom stereocenters. The summed E-state index contributed by atoms with van der Waals surface area (Å²) < 4.78 is 21.2. The number of aromatic carboxylic acids is 1. The van der Waals surface area contributed by atoms with Gasteiger partial charge in [-0.25, -0.2) is 14.2 Å². The van der Waals surface area contributed by atoms with Crippen LogP contribution in [-0.4, -0.2) is 33.8 Å². The third-order valence-corrected chi connectivity index (χ3v) is 4.54. The summed E-state index contributed by atoms with van der Waals surface area (Å²) >= 11 is 0. The first-order valence-corrected chi connectivity index (χ1v) is 8.39. The van der Waals surface area contributed by atoms with Crippen LogP contribution >= 0.6 is 0 Å². The molecule has 4 rings (SSSR count). The maximum Gasteiger partial charge on any atom is 0.335 e. The third kappa shape index (κ3) is 3.18. The van der Waals surface area contributed by atoms with Crippen LogP contribution in [0.25, 0.3) is 11.0 Å². The van der Waals surface area contributed by atoms with Gasteiger partial charge in [-0.1, -0.05) is 12.1 Å². The van der Waals surface area contributed by atoms with Gasteiger partial charge in [-0.3, -0.25) is 0 Å². The zero-order valence-corrected chi connectivity index (χ0v) is 14.0. The molecule has 1 aromatic heterocycles. The number of hydrogen-bond donors (Lipinski definition) is 2. The van der Waals surface area contributed by atoms with Gasteiger partial charge in [0.2, 0.25) is 0 Å². The van der Waals surface area contributed by atoms with Crippen LogP contribution in [0.5, 0.6) is 0 Å². The van der Waals surface area contributed by atoms with Crippen molar-refractivity contribution in [1.29, 1.82) is 0 Å². The Bertz CT molecular complexity index is 953. The summed E-state index contributed by atoms with van der Waals surface area (Å²) in [5.74, 6) is -0.428. The number of imidazole rings is 1. The Morgan fingerprint density at radius 1 is 1.31 bits per heavy atom. The normalized spacial score (nSPS) is 16.6. The predicted octanol–water partition coefficient (Wildman–Crippen LogP) is 2.73. The molecule has 0 amide bonds. The average Bonchev–Trinajstić information content (AvgIpc) is 3.00. The number of fused-ring (bicyclic) bond motifs is 3. The van der Waals surface area contributed by atoms with E-state index in [1.54, 1.807) is 30.3 Å². The second-order valence-corrected chi connectivity index (χ2v) is 6.33. The van der Waals surface area contributed by atoms with Gasteiger partial charge in [0, 0.05) is 19.2 Å². The van der Waals surface area contributed by atoms with E-state index < -0.39 is 5.97 Å². The highest BCUT2D eigenvalue weighted by Gasteiger charge is 2.23. The van der Waals surface area contributed by atoms with Crippen LogP contribution in [0.4, 0.5) is 4.39 Å². The van der Waals surface area contributed by atoms with E-state index in [1.165, 1.54) is 12.1 Å². The van der Waals surface area contributed by atoms with Gasteiger partial charge in [-0.15, -0.1) is 0 Å². The zero-order valence-electron chi connectivity index (χ0n) is 14.0. The predicted molar refractivity (Wildman–Crippen MR) is 93.5 cm³/mol. The van der Waals surface area contributed by atoms with Crippen molar-refractivity contribution in [3.05, 3.63) is 65.2 Å². The molecule has 1 aliphatic rings. The molecule has 0 bridgehead atoms. The molecule has 2 aromatic carbocycles. The van der Waals surface area contributed by atoms with Crippen molar-refractivity contribution in [1.82, 2.24) is 14.9 Å². The fourth-order valence-corrected chi connectivity index (χ4v) is 3.29. The van der Waals surface area contributed by atoms with Crippen molar-refractivity contribution in [2.24, 2.45) is 0 Å². The van der Waals surface area contributed by atoms with Crippen LogP contribution < -0.4 is 5.32 Å².